The number of aromatic nitrogens is 3. The molecule has 6 heterocycles. The largest absolute Gasteiger partial charge is 0.369 e. The number of nitrogens with zero attached hydrogens (tertiary/aromatic N) is 7. The number of piperidine rings is 2. The van der Waals surface area contributed by atoms with Crippen molar-refractivity contribution >= 4 is 68.2 Å². The van der Waals surface area contributed by atoms with Gasteiger partial charge in [-0.05, 0) is 62.1 Å². The maximum atomic E-state index is 16.1. The Bertz CT molecular complexity index is 2550. The van der Waals surface area contributed by atoms with E-state index >= 15 is 4.39 Å². The van der Waals surface area contributed by atoms with Crippen LogP contribution in [0.25, 0.3) is 21.8 Å². The number of benzene rings is 2. The average molecular weight is 873 g/mol. The molecular formula is C41H45FN10O7S2. The Hall–Kier alpha value is -5.86. The zero-order chi connectivity index (χ0) is 43.2. The number of piperazine rings is 1. The first-order valence-corrected chi connectivity index (χ1v) is 22.6. The molecule has 320 valence electrons. The number of thiazole rings is 1. The van der Waals surface area contributed by atoms with Crippen LogP contribution >= 0.6 is 11.3 Å². The molecule has 0 unspecified atom stereocenters. The molecule has 5 amide bonds. The molecule has 4 aliphatic heterocycles. The Balaban J connectivity index is 0.908. The lowest BCUT2D eigenvalue weighted by Gasteiger charge is -2.40. The van der Waals surface area contributed by atoms with Crippen LogP contribution in [-0.4, -0.2) is 125 Å². The molecule has 0 spiro atoms. The Morgan fingerprint density at radius 3 is 2.43 bits per heavy atom. The van der Waals surface area contributed by atoms with Crippen LogP contribution in [0.15, 0.2) is 48.7 Å². The first-order valence-electron chi connectivity index (χ1n) is 20.1. The standard InChI is InChI=1S/C41H45FN10O7S2/c1-3-21-61(58,59)48-28-6-4-5-26(33(28)42)34-35(29-11-14-44-40(43)45-29)60-39(47-34)41(2)12-15-51(16-13-41)32(54)23-49-17-19-50(20-18-49)24-7-8-25-27(22-24)38(57)52(37(25)56)30-9-10-31(53)46-36(30)55/h4-8,11,14,22,30,48H,3,9-10,12-13,15-21,23H2,1-2H3,(H2,43,44,45)(H,46,53,55)/t30-/m1/s1. The zero-order valence-corrected chi connectivity index (χ0v) is 35.3. The molecule has 3 fully saturated rings. The second kappa shape index (κ2) is 16.5. The lowest BCUT2D eigenvalue weighted by molar-refractivity contribution is -0.136. The van der Waals surface area contributed by atoms with Crippen molar-refractivity contribution in [3.63, 3.8) is 0 Å². The fraction of sp³-hybridized carbons (Fsp3) is 0.415. The highest BCUT2D eigenvalue weighted by molar-refractivity contribution is 7.92. The van der Waals surface area contributed by atoms with E-state index in [1.807, 2.05) is 4.90 Å². The van der Waals surface area contributed by atoms with E-state index in [0.29, 0.717) is 74.8 Å². The number of anilines is 3. The van der Waals surface area contributed by atoms with Gasteiger partial charge in [0.15, 0.2) is 5.82 Å². The van der Waals surface area contributed by atoms with Gasteiger partial charge >= 0.3 is 0 Å². The fourth-order valence-corrected chi connectivity index (χ4v) is 10.7. The normalized spacial score (nSPS) is 19.6. The number of carbonyl (C=O) groups is 5. The molecule has 2 aromatic heterocycles. The molecule has 4 N–H and O–H groups in total. The second-order valence-electron chi connectivity index (χ2n) is 16.0. The maximum absolute atomic E-state index is 16.1. The topological polar surface area (TPSA) is 221 Å². The molecule has 8 rings (SSSR count). The van der Waals surface area contributed by atoms with Gasteiger partial charge in [-0.25, -0.2) is 27.8 Å². The predicted molar refractivity (Wildman–Crippen MR) is 226 cm³/mol. The van der Waals surface area contributed by atoms with E-state index in [1.54, 1.807) is 43.3 Å². The van der Waals surface area contributed by atoms with Crippen LogP contribution in [0.4, 0.5) is 21.7 Å². The first-order chi connectivity index (χ1) is 29.1. The summed E-state index contributed by atoms with van der Waals surface area (Å²) in [5.41, 5.74) is 7.38. The summed E-state index contributed by atoms with van der Waals surface area (Å²) in [6, 6.07) is 10.2. The SMILES string of the molecule is CCCS(=O)(=O)Nc1cccc(-c2nc(C3(C)CCN(C(=O)CN4CCN(c5ccc6c(c5)C(=O)N([C@@H]5CCC(=O)NC5=O)C6=O)CC4)CC3)sc2-c2ccnc(N)n2)c1F. The van der Waals surface area contributed by atoms with Crippen LogP contribution in [0.1, 0.15) is 71.7 Å². The van der Waals surface area contributed by atoms with Crippen molar-refractivity contribution < 1.29 is 36.8 Å². The van der Waals surface area contributed by atoms with Crippen molar-refractivity contribution in [3.05, 3.63) is 70.6 Å². The van der Waals surface area contributed by atoms with Crippen LogP contribution in [0.5, 0.6) is 0 Å². The number of amides is 5. The summed E-state index contributed by atoms with van der Waals surface area (Å²) in [5, 5.41) is 2.94. The Morgan fingerprint density at radius 1 is 0.984 bits per heavy atom. The number of sulfonamides is 1. The van der Waals surface area contributed by atoms with Crippen LogP contribution in [0.3, 0.4) is 0 Å². The van der Waals surface area contributed by atoms with Gasteiger partial charge in [-0.1, -0.05) is 19.9 Å². The molecule has 0 aliphatic carbocycles. The third-order valence-corrected chi connectivity index (χ3v) is 14.6. The number of hydrogen-bond acceptors (Lipinski definition) is 14. The van der Waals surface area contributed by atoms with E-state index in [0.717, 1.165) is 15.6 Å². The van der Waals surface area contributed by atoms with E-state index in [-0.39, 0.29) is 59.4 Å². The smallest absolute Gasteiger partial charge is 0.262 e. The molecule has 3 saturated heterocycles. The first kappa shape index (κ1) is 41.9. The van der Waals surface area contributed by atoms with E-state index < -0.39 is 50.9 Å². The number of nitrogen functional groups attached to an aromatic ring is 1. The average Bonchev–Trinajstić information content (AvgIpc) is 3.78. The highest BCUT2D eigenvalue weighted by atomic mass is 32.2. The fourth-order valence-electron chi connectivity index (χ4n) is 8.29. The molecule has 4 aromatic rings. The minimum Gasteiger partial charge on any atom is -0.369 e. The number of nitrogens with one attached hydrogen (secondary N) is 2. The van der Waals surface area contributed by atoms with Gasteiger partial charge < -0.3 is 15.5 Å². The maximum Gasteiger partial charge on any atom is 0.262 e. The Labute approximate surface area is 355 Å². The summed E-state index contributed by atoms with van der Waals surface area (Å²) in [6.07, 6.45) is 3.22. The molecule has 0 radical (unpaired) electrons. The third kappa shape index (κ3) is 8.30. The van der Waals surface area contributed by atoms with Crippen LogP contribution < -0.4 is 20.7 Å². The van der Waals surface area contributed by atoms with E-state index in [9.17, 15) is 32.4 Å². The molecule has 17 nitrogen and oxygen atoms in total. The van der Waals surface area contributed by atoms with Gasteiger partial charge in [0.2, 0.25) is 33.7 Å². The summed E-state index contributed by atoms with van der Waals surface area (Å²) in [4.78, 5) is 85.2. The highest BCUT2D eigenvalue weighted by Crippen LogP contribution is 2.45. The third-order valence-electron chi connectivity index (χ3n) is 11.8. The lowest BCUT2D eigenvalue weighted by atomic mass is 9.81. The van der Waals surface area contributed by atoms with Gasteiger partial charge in [0.25, 0.3) is 11.8 Å². The highest BCUT2D eigenvalue weighted by Gasteiger charge is 2.45. The number of halogens is 1. The summed E-state index contributed by atoms with van der Waals surface area (Å²) in [6.45, 7) is 7.38. The molecule has 0 saturated carbocycles. The molecule has 20 heteroatoms. The number of imide groups is 2. The van der Waals surface area contributed by atoms with Gasteiger partial charge in [-0.3, -0.25) is 43.8 Å². The van der Waals surface area contributed by atoms with Crippen LogP contribution in [0, 0.1) is 5.82 Å². The van der Waals surface area contributed by atoms with Crippen molar-refractivity contribution in [1.29, 1.82) is 0 Å². The molecule has 1 atom stereocenters. The minimum absolute atomic E-state index is 0.00655. The number of hydrogen-bond donors (Lipinski definition) is 3. The molecular weight excluding hydrogens is 828 g/mol. The monoisotopic (exact) mass is 872 g/mol. The molecule has 0 bridgehead atoms. The number of rotatable bonds is 11. The molecule has 61 heavy (non-hydrogen) atoms. The summed E-state index contributed by atoms with van der Waals surface area (Å²) >= 11 is 1.36. The van der Waals surface area contributed by atoms with Crippen molar-refractivity contribution in [2.24, 2.45) is 0 Å². The van der Waals surface area contributed by atoms with E-state index in [2.05, 4.69) is 36.7 Å². The van der Waals surface area contributed by atoms with Crippen molar-refractivity contribution in [1.82, 2.24) is 35.0 Å². The van der Waals surface area contributed by atoms with Gasteiger partial charge in [0.1, 0.15) is 6.04 Å². The van der Waals surface area contributed by atoms with Crippen molar-refractivity contribution in [3.8, 4) is 21.8 Å². The lowest BCUT2D eigenvalue weighted by Crippen LogP contribution is -2.54. The Morgan fingerprint density at radius 2 is 1.72 bits per heavy atom. The number of likely N-dealkylation sites (tertiary alicyclic amines) is 1. The zero-order valence-electron chi connectivity index (χ0n) is 33.6. The van der Waals surface area contributed by atoms with Gasteiger partial charge in [-0.15, -0.1) is 11.3 Å². The molecule has 2 aromatic carbocycles. The molecule has 4 aliphatic rings. The Kier molecular flexibility index (Phi) is 11.3. The predicted octanol–water partition coefficient (Wildman–Crippen LogP) is 3.24. The quantitative estimate of drug-likeness (QED) is 0.185. The number of fused-ring (bicyclic) bond motifs is 1. The van der Waals surface area contributed by atoms with Crippen LogP contribution in [0.2, 0.25) is 0 Å². The summed E-state index contributed by atoms with van der Waals surface area (Å²) in [7, 11) is -3.76. The summed E-state index contributed by atoms with van der Waals surface area (Å²) < 4.78 is 43.6. The van der Waals surface area contributed by atoms with Crippen LogP contribution in [-0.2, 0) is 29.8 Å². The van der Waals surface area contributed by atoms with Gasteiger partial charge in [0.05, 0.1) is 50.4 Å². The van der Waals surface area contributed by atoms with Crippen molar-refractivity contribution in [2.45, 2.75) is 57.4 Å². The van der Waals surface area contributed by atoms with Gasteiger partial charge in [-0.2, -0.15) is 0 Å². The number of nitrogens with two attached hydrogens (primary N) is 1. The van der Waals surface area contributed by atoms with Crippen molar-refractivity contribution in [2.75, 3.05) is 66.9 Å². The van der Waals surface area contributed by atoms with E-state index in [4.69, 9.17) is 10.7 Å². The summed E-state index contributed by atoms with van der Waals surface area (Å²) in [5.74, 6) is -3.06. The van der Waals surface area contributed by atoms with Gasteiger partial charge in [0, 0.05) is 68.6 Å². The number of carbonyl (C=O) groups excluding carboxylic acids is 5. The van der Waals surface area contributed by atoms with E-state index in [1.165, 1.54) is 23.6 Å². The minimum atomic E-state index is -3.76. The second-order valence-corrected chi connectivity index (χ2v) is 18.8.